The Kier molecular flexibility index (Phi) is 9.12. The highest BCUT2D eigenvalue weighted by molar-refractivity contribution is 7.25. The topological polar surface area (TPSA) is 0 Å². The normalized spacial score (nSPS) is 16.7. The van der Waals surface area contributed by atoms with Crippen molar-refractivity contribution < 1.29 is 0 Å². The molecule has 0 unspecified atom stereocenters. The fourth-order valence-electron chi connectivity index (χ4n) is 8.54. The van der Waals surface area contributed by atoms with Crippen LogP contribution in [0.5, 0.6) is 0 Å². The van der Waals surface area contributed by atoms with Crippen molar-refractivity contribution >= 4 is 72.5 Å². The van der Waals surface area contributed by atoms with Crippen molar-refractivity contribution in [2.75, 3.05) is 0 Å². The smallest absolute Gasteiger partial charge is 0.0361 e. The van der Waals surface area contributed by atoms with Gasteiger partial charge in [-0.2, -0.15) is 0 Å². The van der Waals surface area contributed by atoms with Crippen molar-refractivity contribution in [3.8, 4) is 0 Å². The first-order valence-corrected chi connectivity index (χ1v) is 20.3. The molecule has 1 heterocycles. The molecule has 0 nitrogen and oxygen atoms in total. The summed E-state index contributed by atoms with van der Waals surface area (Å²) in [6.07, 6.45) is 15.6. The molecule has 6 aromatic carbocycles. The van der Waals surface area contributed by atoms with Gasteiger partial charge in [0.2, 0.25) is 0 Å². The van der Waals surface area contributed by atoms with E-state index in [1.54, 1.807) is 0 Å². The zero-order valence-corrected chi connectivity index (χ0v) is 32.9. The lowest BCUT2D eigenvalue weighted by Gasteiger charge is -2.27. The van der Waals surface area contributed by atoms with Gasteiger partial charge in [0.15, 0.2) is 0 Å². The number of hydrogen-bond donors (Lipinski definition) is 0. The first-order valence-electron chi connectivity index (χ1n) is 19.5. The van der Waals surface area contributed by atoms with Gasteiger partial charge in [0, 0.05) is 25.6 Å². The van der Waals surface area contributed by atoms with Gasteiger partial charge >= 0.3 is 0 Å². The van der Waals surface area contributed by atoms with Crippen LogP contribution in [-0.4, -0.2) is 0 Å². The van der Waals surface area contributed by atoms with E-state index >= 15 is 0 Å². The summed E-state index contributed by atoms with van der Waals surface area (Å²) in [5, 5.41) is 7.00. The summed E-state index contributed by atoms with van der Waals surface area (Å²) >= 11 is 1.87. The molecule has 0 fully saturated rings. The SMILES string of the molecule is C=C(/C=c1/ccccc1=C)C1=c2\ccccc2=C(c2ccc(C(=C)c3cc4c(cc3C3=Cc5ccccc5C3(C)C)sc3ccccc34)cc2)C=CCC\C=C\1. The number of thiophene rings is 1. The first kappa shape index (κ1) is 35.4. The van der Waals surface area contributed by atoms with Crippen LogP contribution in [-0.2, 0) is 5.41 Å². The molecule has 0 radical (unpaired) electrons. The Morgan fingerprint density at radius 3 is 2.18 bits per heavy atom. The second kappa shape index (κ2) is 14.4. The molecule has 56 heavy (non-hydrogen) atoms. The fraction of sp³-hybridized carbons (Fsp3) is 0.0909. The third-order valence-electron chi connectivity index (χ3n) is 11.6. The molecule has 1 heteroatoms. The van der Waals surface area contributed by atoms with Gasteiger partial charge < -0.3 is 0 Å². The minimum absolute atomic E-state index is 0.142. The zero-order valence-electron chi connectivity index (χ0n) is 32.1. The average molecular weight is 737 g/mol. The lowest BCUT2D eigenvalue weighted by Crippen LogP contribution is -2.29. The second-order valence-electron chi connectivity index (χ2n) is 15.4. The van der Waals surface area contributed by atoms with E-state index < -0.39 is 0 Å². The number of allylic oxidation sites excluding steroid dienone is 6. The summed E-state index contributed by atoms with van der Waals surface area (Å²) in [7, 11) is 0. The summed E-state index contributed by atoms with van der Waals surface area (Å²) in [4.78, 5) is 0. The standard InChI is InChI=1S/C55H44S/c1-36-18-10-11-19-41(36)32-37(2)43-21-8-6-7-9-22-44(46-24-14-13-23-45(43)46)40-30-28-39(29-31-40)38(3)48-34-50-47-25-15-17-27-53(47)56-54(50)35-49(48)52-33-42-20-12-16-26-51(42)55(52,4)5/h8-35H,1-3,6-7H2,4-5H3/b21-8+,22-9?,41-32-,45-43+,46-44?. The van der Waals surface area contributed by atoms with Gasteiger partial charge in [-0.25, -0.2) is 0 Å². The molecule has 1 aromatic heterocycles. The number of rotatable bonds is 6. The predicted molar refractivity (Wildman–Crippen MR) is 245 cm³/mol. The molecule has 2 aliphatic rings. The maximum atomic E-state index is 4.82. The van der Waals surface area contributed by atoms with Crippen LogP contribution in [0, 0.1) is 0 Å². The molecule has 0 saturated carbocycles. The number of hydrogen-bond acceptors (Lipinski definition) is 1. The quantitative estimate of drug-likeness (QED) is 0.159. The predicted octanol–water partition coefficient (Wildman–Crippen LogP) is 11.7. The summed E-state index contributed by atoms with van der Waals surface area (Å²) in [5.41, 5.74) is 12.9. The summed E-state index contributed by atoms with van der Waals surface area (Å²) in [5.74, 6) is 0. The summed E-state index contributed by atoms with van der Waals surface area (Å²) in [6.45, 7) is 18.4. The minimum atomic E-state index is -0.142. The van der Waals surface area contributed by atoms with E-state index in [-0.39, 0.29) is 5.41 Å². The van der Waals surface area contributed by atoms with Crippen LogP contribution in [0.3, 0.4) is 0 Å². The maximum Gasteiger partial charge on any atom is 0.0361 e. The largest absolute Gasteiger partial charge is 0.135 e. The average Bonchev–Trinajstić information content (AvgIpc) is 3.72. The molecule has 270 valence electrons. The molecule has 0 aliphatic heterocycles. The van der Waals surface area contributed by atoms with E-state index in [1.165, 1.54) is 64.4 Å². The molecule has 0 amide bonds. The third kappa shape index (κ3) is 6.29. The summed E-state index contributed by atoms with van der Waals surface area (Å²) in [6, 6.07) is 48.4. The van der Waals surface area contributed by atoms with E-state index in [1.807, 2.05) is 23.5 Å². The van der Waals surface area contributed by atoms with Gasteiger partial charge in [-0.05, 0) is 125 Å². The van der Waals surface area contributed by atoms with E-state index in [9.17, 15) is 0 Å². The highest BCUT2D eigenvalue weighted by Gasteiger charge is 2.35. The summed E-state index contributed by atoms with van der Waals surface area (Å²) < 4.78 is 2.62. The molecule has 2 aliphatic carbocycles. The van der Waals surface area contributed by atoms with Crippen molar-refractivity contribution in [1.29, 1.82) is 0 Å². The molecule has 7 aromatic rings. The van der Waals surface area contributed by atoms with Crippen LogP contribution in [0.15, 0.2) is 176 Å². The van der Waals surface area contributed by atoms with Gasteiger partial charge in [0.25, 0.3) is 0 Å². The molecule has 0 bridgehead atoms. The lowest BCUT2D eigenvalue weighted by atomic mass is 9.76. The van der Waals surface area contributed by atoms with Crippen LogP contribution in [0.4, 0.5) is 0 Å². The monoisotopic (exact) mass is 736 g/mol. The van der Waals surface area contributed by atoms with Gasteiger partial charge in [0.05, 0.1) is 0 Å². The zero-order chi connectivity index (χ0) is 38.4. The van der Waals surface area contributed by atoms with Crippen molar-refractivity contribution in [3.05, 3.63) is 231 Å². The van der Waals surface area contributed by atoms with Gasteiger partial charge in [-0.3, -0.25) is 0 Å². The molecule has 0 saturated heterocycles. The Morgan fingerprint density at radius 2 is 1.38 bits per heavy atom. The van der Waals surface area contributed by atoms with E-state index in [4.69, 9.17) is 6.58 Å². The first-order chi connectivity index (χ1) is 27.3. The van der Waals surface area contributed by atoms with Crippen molar-refractivity contribution in [1.82, 2.24) is 0 Å². The Morgan fingerprint density at radius 1 is 0.679 bits per heavy atom. The van der Waals surface area contributed by atoms with Gasteiger partial charge in [-0.1, -0.05) is 173 Å². The van der Waals surface area contributed by atoms with Crippen LogP contribution >= 0.6 is 11.3 Å². The van der Waals surface area contributed by atoms with Gasteiger partial charge in [0.1, 0.15) is 0 Å². The van der Waals surface area contributed by atoms with E-state index in [2.05, 4.69) is 185 Å². The highest BCUT2D eigenvalue weighted by atomic mass is 32.1. The lowest BCUT2D eigenvalue weighted by molar-refractivity contribution is 0.704. The molecule has 0 N–H and O–H groups in total. The number of benzene rings is 6. The highest BCUT2D eigenvalue weighted by Crippen LogP contribution is 2.50. The van der Waals surface area contributed by atoms with E-state index in [0.29, 0.717) is 0 Å². The minimum Gasteiger partial charge on any atom is -0.135 e. The Balaban J connectivity index is 1.19. The molecule has 0 atom stereocenters. The van der Waals surface area contributed by atoms with Crippen LogP contribution in [0.2, 0.25) is 0 Å². The third-order valence-corrected chi connectivity index (χ3v) is 12.7. The molecule has 0 spiro atoms. The van der Waals surface area contributed by atoms with Crippen molar-refractivity contribution in [2.24, 2.45) is 0 Å². The van der Waals surface area contributed by atoms with Gasteiger partial charge in [-0.15, -0.1) is 11.3 Å². The van der Waals surface area contributed by atoms with Crippen LogP contribution < -0.4 is 20.9 Å². The Labute approximate surface area is 333 Å². The van der Waals surface area contributed by atoms with Crippen LogP contribution in [0.1, 0.15) is 60.1 Å². The van der Waals surface area contributed by atoms with Crippen LogP contribution in [0.25, 0.3) is 61.2 Å². The number of fused-ring (bicyclic) bond motifs is 5. The Bertz CT molecular complexity index is 3080. The molecular formula is C55H44S. The van der Waals surface area contributed by atoms with Crippen molar-refractivity contribution in [3.63, 3.8) is 0 Å². The fourth-order valence-corrected chi connectivity index (χ4v) is 9.66. The Hall–Kier alpha value is -6.28. The maximum absolute atomic E-state index is 4.82. The second-order valence-corrected chi connectivity index (χ2v) is 16.5. The molecule has 9 rings (SSSR count). The van der Waals surface area contributed by atoms with Crippen molar-refractivity contribution in [2.45, 2.75) is 32.1 Å². The molecular weight excluding hydrogens is 693 g/mol. The van der Waals surface area contributed by atoms with E-state index in [0.717, 1.165) is 50.8 Å².